The molecule has 0 aromatic rings. The molecular weight excluding hydrogens is 959 g/mol. The van der Waals surface area contributed by atoms with Gasteiger partial charge in [0, 0.05) is 12.8 Å². The average molecular weight is 1070 g/mol. The first kappa shape index (κ1) is 72.2. The normalized spacial score (nSPS) is 13.8. The van der Waals surface area contributed by atoms with Crippen LogP contribution in [0.4, 0.5) is 0 Å². The van der Waals surface area contributed by atoms with E-state index in [9.17, 15) is 19.5 Å². The lowest BCUT2D eigenvalue weighted by Crippen LogP contribution is -2.40. The van der Waals surface area contributed by atoms with Gasteiger partial charge in [-0.15, -0.1) is 0 Å². The van der Waals surface area contributed by atoms with Gasteiger partial charge < -0.3 is 28.5 Å². The summed E-state index contributed by atoms with van der Waals surface area (Å²) in [5.41, 5.74) is 0. The zero-order valence-electron chi connectivity index (χ0n) is 49.3. The van der Waals surface area contributed by atoms with Crippen LogP contribution in [-0.4, -0.2) is 87.4 Å². The van der Waals surface area contributed by atoms with E-state index in [-0.39, 0.29) is 38.6 Å². The van der Waals surface area contributed by atoms with Gasteiger partial charge in [0.25, 0.3) is 6.29 Å². The number of nitrogens with zero attached hydrogens (tertiary/aromatic N) is 1. The number of carboxylic acids is 1. The SMILES string of the molecule is CC/C=C\C/C=C\C/C=C\C/C=C\C/C=C\C/C=C\C/C=C\CCCCCCCC(=O)OC(COC(=O)CCCCCCCCCCC/C=C\C/C=C\C/C=C\C/C=C\C/C=C\CC)COC(OCC[N+](C)(C)C)C(=O)O. The third kappa shape index (κ3) is 58.7. The van der Waals surface area contributed by atoms with Crippen molar-refractivity contribution in [3.05, 3.63) is 146 Å². The van der Waals surface area contributed by atoms with E-state index in [1.807, 2.05) is 21.1 Å². The molecule has 0 heterocycles. The molecule has 2 atom stereocenters. The van der Waals surface area contributed by atoms with Crippen LogP contribution in [0, 0.1) is 0 Å². The Balaban J connectivity index is 4.34. The van der Waals surface area contributed by atoms with Crippen LogP contribution in [0.2, 0.25) is 0 Å². The standard InChI is InChI=1S/C68H109NO8/c1-6-8-10-12-14-16-18-20-22-24-26-28-30-32-33-35-37-39-41-43-45-47-49-51-53-55-57-59-66(71)77-64(63-76-68(67(72)73)74-61-60-69(3,4)5)62-75-65(70)58-56-54-52-50-48-46-44-42-40-38-36-34-31-29-27-25-23-21-19-17-15-13-11-9-7-2/h8-11,14-17,20-23,26-29,32-34,36-37,39,43,45,64,68H,6-7,12-13,18-19,24-25,30-31,35,38,40-42,44,46-63H2,1-5H3/p+1/b10-8-,11-9-,16-14-,17-15-,22-20-,23-21-,28-26-,29-27-,33-32-,36-34-,39-37-,45-43-. The van der Waals surface area contributed by atoms with E-state index in [1.165, 1.54) is 32.1 Å². The molecule has 0 aromatic carbocycles. The van der Waals surface area contributed by atoms with Crippen molar-refractivity contribution in [3.63, 3.8) is 0 Å². The van der Waals surface area contributed by atoms with E-state index in [2.05, 4.69) is 160 Å². The third-order valence-corrected chi connectivity index (χ3v) is 12.1. The topological polar surface area (TPSA) is 108 Å². The first-order valence-electron chi connectivity index (χ1n) is 30.0. The Bertz CT molecular complexity index is 1770. The molecule has 0 radical (unpaired) electrons. The van der Waals surface area contributed by atoms with Crippen molar-refractivity contribution in [2.45, 2.75) is 219 Å². The van der Waals surface area contributed by atoms with Crippen molar-refractivity contribution in [1.82, 2.24) is 0 Å². The summed E-state index contributed by atoms with van der Waals surface area (Å²) in [7, 11) is 5.95. The second-order valence-corrected chi connectivity index (χ2v) is 20.5. The van der Waals surface area contributed by atoms with Gasteiger partial charge in [-0.1, -0.05) is 224 Å². The highest BCUT2D eigenvalue weighted by molar-refractivity contribution is 5.71. The fourth-order valence-corrected chi connectivity index (χ4v) is 7.55. The lowest BCUT2D eigenvalue weighted by Gasteiger charge is -2.25. The molecule has 9 heteroatoms. The maximum Gasteiger partial charge on any atom is 0.361 e. The van der Waals surface area contributed by atoms with Gasteiger partial charge in [0.1, 0.15) is 13.2 Å². The highest BCUT2D eigenvalue weighted by Crippen LogP contribution is 2.14. The smallest absolute Gasteiger partial charge is 0.361 e. The Morgan fingerprint density at radius 1 is 0.390 bits per heavy atom. The molecule has 1 N–H and O–H groups in total. The molecule has 77 heavy (non-hydrogen) atoms. The largest absolute Gasteiger partial charge is 0.477 e. The van der Waals surface area contributed by atoms with Crippen LogP contribution in [-0.2, 0) is 33.3 Å². The molecule has 0 saturated carbocycles. The Kier molecular flexibility index (Phi) is 53.8. The van der Waals surface area contributed by atoms with E-state index < -0.39 is 24.3 Å². The number of carboxylic acid groups (broad SMARTS) is 1. The molecule has 0 aliphatic rings. The fraction of sp³-hybridized carbons (Fsp3) is 0.603. The molecule has 0 aliphatic carbocycles. The molecule has 0 aromatic heterocycles. The highest BCUT2D eigenvalue weighted by atomic mass is 16.7. The maximum absolute atomic E-state index is 12.9. The van der Waals surface area contributed by atoms with E-state index in [4.69, 9.17) is 18.9 Å². The summed E-state index contributed by atoms with van der Waals surface area (Å²) >= 11 is 0. The number of esters is 2. The van der Waals surface area contributed by atoms with Gasteiger partial charge >= 0.3 is 17.9 Å². The number of allylic oxidation sites excluding steroid dienone is 24. The minimum absolute atomic E-state index is 0.174. The van der Waals surface area contributed by atoms with Crippen LogP contribution >= 0.6 is 0 Å². The number of rotatable bonds is 53. The Hall–Kier alpha value is -4.83. The Morgan fingerprint density at radius 3 is 1.04 bits per heavy atom. The molecule has 0 rings (SSSR count). The summed E-state index contributed by atoms with van der Waals surface area (Å²) < 4.78 is 22.9. The van der Waals surface area contributed by atoms with Crippen molar-refractivity contribution in [2.75, 3.05) is 47.5 Å². The summed E-state index contributed by atoms with van der Waals surface area (Å²) in [6.07, 6.45) is 80.6. The van der Waals surface area contributed by atoms with Crippen molar-refractivity contribution < 1.29 is 42.9 Å². The third-order valence-electron chi connectivity index (χ3n) is 12.1. The minimum Gasteiger partial charge on any atom is -0.477 e. The predicted molar refractivity (Wildman–Crippen MR) is 327 cm³/mol. The van der Waals surface area contributed by atoms with E-state index in [1.54, 1.807) is 0 Å². The van der Waals surface area contributed by atoms with Crippen LogP contribution in [0.5, 0.6) is 0 Å². The summed E-state index contributed by atoms with van der Waals surface area (Å²) in [6, 6.07) is 0. The van der Waals surface area contributed by atoms with Crippen molar-refractivity contribution in [3.8, 4) is 0 Å². The molecule has 0 spiro atoms. The predicted octanol–water partition coefficient (Wildman–Crippen LogP) is 18.0. The molecule has 0 amide bonds. The number of likely N-dealkylation sites (N-methyl/N-ethyl adjacent to an activating group) is 1. The number of carbonyl (C=O) groups is 3. The van der Waals surface area contributed by atoms with Crippen LogP contribution < -0.4 is 0 Å². The number of hydrogen-bond acceptors (Lipinski definition) is 7. The zero-order chi connectivity index (χ0) is 56.2. The molecule has 0 bridgehead atoms. The van der Waals surface area contributed by atoms with Crippen molar-refractivity contribution in [1.29, 1.82) is 0 Å². The highest BCUT2D eigenvalue weighted by Gasteiger charge is 2.25. The summed E-state index contributed by atoms with van der Waals surface area (Å²) in [5, 5.41) is 9.72. The molecule has 0 aliphatic heterocycles. The van der Waals surface area contributed by atoms with Gasteiger partial charge in [0.15, 0.2) is 6.10 Å². The van der Waals surface area contributed by atoms with E-state index in [0.29, 0.717) is 17.4 Å². The van der Waals surface area contributed by atoms with Crippen LogP contribution in [0.15, 0.2) is 146 Å². The van der Waals surface area contributed by atoms with Crippen molar-refractivity contribution in [2.24, 2.45) is 0 Å². The number of aliphatic carboxylic acids is 1. The molecule has 0 fully saturated rings. The lowest BCUT2D eigenvalue weighted by molar-refractivity contribution is -0.870. The lowest BCUT2D eigenvalue weighted by atomic mass is 10.1. The number of unbranched alkanes of at least 4 members (excludes halogenated alkanes) is 14. The van der Waals surface area contributed by atoms with Crippen LogP contribution in [0.3, 0.4) is 0 Å². The molecule has 9 nitrogen and oxygen atoms in total. The van der Waals surface area contributed by atoms with Gasteiger partial charge in [-0.05, 0) is 116 Å². The minimum atomic E-state index is -1.53. The summed E-state index contributed by atoms with van der Waals surface area (Å²) in [5.74, 6) is -2.06. The molecule has 2 unspecified atom stereocenters. The Morgan fingerprint density at radius 2 is 0.701 bits per heavy atom. The zero-order valence-corrected chi connectivity index (χ0v) is 49.3. The first-order chi connectivity index (χ1) is 37.6. The second kappa shape index (κ2) is 57.3. The van der Waals surface area contributed by atoms with Crippen LogP contribution in [0.25, 0.3) is 0 Å². The van der Waals surface area contributed by atoms with Crippen LogP contribution in [0.1, 0.15) is 206 Å². The van der Waals surface area contributed by atoms with Crippen molar-refractivity contribution >= 4 is 17.9 Å². The summed E-state index contributed by atoms with van der Waals surface area (Å²) in [6.45, 7) is 4.60. The molecule has 0 saturated heterocycles. The second-order valence-electron chi connectivity index (χ2n) is 20.5. The number of quaternary nitrogens is 1. The Labute approximate surface area is 471 Å². The molecular formula is C68H110NO8+. The average Bonchev–Trinajstić information content (AvgIpc) is 3.40. The quantitative estimate of drug-likeness (QED) is 0.0211. The van der Waals surface area contributed by atoms with Gasteiger partial charge in [0.05, 0.1) is 34.4 Å². The fourth-order valence-electron chi connectivity index (χ4n) is 7.55. The van der Waals surface area contributed by atoms with Gasteiger partial charge in [-0.2, -0.15) is 0 Å². The van der Waals surface area contributed by atoms with Gasteiger partial charge in [-0.3, -0.25) is 9.59 Å². The van der Waals surface area contributed by atoms with E-state index >= 15 is 0 Å². The number of hydrogen-bond donors (Lipinski definition) is 1. The number of ether oxygens (including phenoxy) is 4. The monoisotopic (exact) mass is 1070 g/mol. The van der Waals surface area contributed by atoms with E-state index in [0.717, 1.165) is 141 Å². The summed E-state index contributed by atoms with van der Waals surface area (Å²) in [4.78, 5) is 37.5. The maximum atomic E-state index is 12.9. The first-order valence-corrected chi connectivity index (χ1v) is 30.0. The molecule has 434 valence electrons. The van der Waals surface area contributed by atoms with Gasteiger partial charge in [-0.25, -0.2) is 4.79 Å². The number of carbonyl (C=O) groups excluding carboxylic acids is 2. The van der Waals surface area contributed by atoms with Gasteiger partial charge in [0.2, 0.25) is 0 Å².